The Balaban J connectivity index is 2.22. The van der Waals surface area contributed by atoms with Gasteiger partial charge in [-0.25, -0.2) is 4.79 Å². The molecule has 124 valence electrons. The molecule has 0 spiro atoms. The number of ether oxygens (including phenoxy) is 1. The second-order valence-electron chi connectivity index (χ2n) is 6.35. The minimum atomic E-state index is -1.12. The molecule has 1 atom stereocenters. The first-order valence-electron chi connectivity index (χ1n) is 7.28. The van der Waals surface area contributed by atoms with E-state index in [0.717, 1.165) is 5.56 Å². The first kappa shape index (κ1) is 16.8. The van der Waals surface area contributed by atoms with E-state index in [1.807, 2.05) is 0 Å². The topological polar surface area (TPSA) is 95.9 Å². The quantitative estimate of drug-likeness (QED) is 0.881. The zero-order valence-electron chi connectivity index (χ0n) is 13.3. The van der Waals surface area contributed by atoms with E-state index in [2.05, 4.69) is 5.32 Å². The van der Waals surface area contributed by atoms with E-state index in [0.29, 0.717) is 12.1 Å². The number of carbonyl (C=O) groups is 3. The lowest BCUT2D eigenvalue weighted by molar-refractivity contribution is -0.137. The molecule has 1 heterocycles. The highest BCUT2D eigenvalue weighted by atomic mass is 16.6. The van der Waals surface area contributed by atoms with Crippen LogP contribution < -0.4 is 10.2 Å². The van der Waals surface area contributed by atoms with Crippen LogP contribution in [0, 0.1) is 0 Å². The van der Waals surface area contributed by atoms with E-state index < -0.39 is 36.2 Å². The van der Waals surface area contributed by atoms with Crippen LogP contribution in [-0.2, 0) is 20.7 Å². The van der Waals surface area contributed by atoms with Crippen LogP contribution in [0.4, 0.5) is 10.5 Å². The van der Waals surface area contributed by atoms with Gasteiger partial charge in [-0.05, 0) is 32.4 Å². The van der Waals surface area contributed by atoms with E-state index in [-0.39, 0.29) is 0 Å². The molecular weight excluding hydrogens is 300 g/mol. The number of aliphatic carboxylic acids is 1. The van der Waals surface area contributed by atoms with Crippen molar-refractivity contribution in [1.29, 1.82) is 0 Å². The Labute approximate surface area is 134 Å². The fraction of sp³-hybridized carbons (Fsp3) is 0.438. The number of nitrogens with one attached hydrogen (secondary N) is 1. The molecule has 0 bridgehead atoms. The Kier molecular flexibility index (Phi) is 4.58. The van der Waals surface area contributed by atoms with Gasteiger partial charge in [0, 0.05) is 12.1 Å². The molecule has 7 heteroatoms. The molecule has 0 saturated heterocycles. The number of fused-ring (bicyclic) bond motifs is 1. The highest BCUT2D eigenvalue weighted by Crippen LogP contribution is 2.27. The normalized spacial score (nSPS) is 17.4. The van der Waals surface area contributed by atoms with Crippen molar-refractivity contribution in [1.82, 2.24) is 5.32 Å². The summed E-state index contributed by atoms with van der Waals surface area (Å²) in [4.78, 5) is 36.6. The van der Waals surface area contributed by atoms with Crippen molar-refractivity contribution in [3.63, 3.8) is 0 Å². The summed E-state index contributed by atoms with van der Waals surface area (Å²) < 4.78 is 5.16. The third kappa shape index (κ3) is 4.21. The molecule has 1 aliphatic heterocycles. The van der Waals surface area contributed by atoms with Crippen LogP contribution in [0.5, 0.6) is 0 Å². The minimum Gasteiger partial charge on any atom is -0.480 e. The number of para-hydroxylation sites is 1. The van der Waals surface area contributed by atoms with Gasteiger partial charge in [0.1, 0.15) is 18.2 Å². The highest BCUT2D eigenvalue weighted by Gasteiger charge is 2.35. The molecule has 0 unspecified atom stereocenters. The van der Waals surface area contributed by atoms with Crippen LogP contribution >= 0.6 is 0 Å². The summed E-state index contributed by atoms with van der Waals surface area (Å²) in [5.74, 6) is -1.58. The first-order valence-corrected chi connectivity index (χ1v) is 7.28. The maximum Gasteiger partial charge on any atom is 0.408 e. The number of carboxylic acid groups (broad SMARTS) is 1. The van der Waals surface area contributed by atoms with Crippen LogP contribution in [0.3, 0.4) is 0 Å². The summed E-state index contributed by atoms with van der Waals surface area (Å²) in [6, 6.07) is 6.19. The average molecular weight is 320 g/mol. The van der Waals surface area contributed by atoms with Crippen LogP contribution in [0.1, 0.15) is 26.3 Å². The molecule has 23 heavy (non-hydrogen) atoms. The van der Waals surface area contributed by atoms with E-state index in [1.165, 1.54) is 4.90 Å². The fourth-order valence-electron chi connectivity index (χ4n) is 2.42. The van der Waals surface area contributed by atoms with Gasteiger partial charge >= 0.3 is 12.1 Å². The van der Waals surface area contributed by atoms with Crippen LogP contribution in [0.25, 0.3) is 0 Å². The van der Waals surface area contributed by atoms with Gasteiger partial charge < -0.3 is 15.2 Å². The van der Waals surface area contributed by atoms with Crippen molar-refractivity contribution in [2.75, 3.05) is 11.4 Å². The Bertz CT molecular complexity index is 636. The second-order valence-corrected chi connectivity index (χ2v) is 6.35. The number of amides is 2. The van der Waals surface area contributed by atoms with Crippen molar-refractivity contribution in [3.8, 4) is 0 Å². The molecule has 1 aliphatic rings. The van der Waals surface area contributed by atoms with Gasteiger partial charge in [-0.15, -0.1) is 0 Å². The number of carboxylic acids is 1. The van der Waals surface area contributed by atoms with Crippen molar-refractivity contribution in [2.45, 2.75) is 38.8 Å². The number of benzene rings is 1. The van der Waals surface area contributed by atoms with E-state index in [4.69, 9.17) is 9.84 Å². The molecule has 2 amide bonds. The Hall–Kier alpha value is -2.57. The summed E-state index contributed by atoms with van der Waals surface area (Å²) in [6.07, 6.45) is -0.407. The predicted molar refractivity (Wildman–Crippen MR) is 83.3 cm³/mol. The average Bonchev–Trinajstić information content (AvgIpc) is 2.41. The van der Waals surface area contributed by atoms with Crippen molar-refractivity contribution in [3.05, 3.63) is 29.8 Å². The molecule has 1 aromatic carbocycles. The zero-order valence-corrected chi connectivity index (χ0v) is 13.3. The molecule has 0 saturated carbocycles. The number of hydrogen-bond donors (Lipinski definition) is 2. The minimum absolute atomic E-state index is 0.296. The number of hydrogen-bond acceptors (Lipinski definition) is 4. The van der Waals surface area contributed by atoms with Crippen LogP contribution in [0.15, 0.2) is 24.3 Å². The van der Waals surface area contributed by atoms with Gasteiger partial charge in [0.15, 0.2) is 0 Å². The third-order valence-electron chi connectivity index (χ3n) is 3.25. The van der Waals surface area contributed by atoms with E-state index in [9.17, 15) is 14.4 Å². The summed E-state index contributed by atoms with van der Waals surface area (Å²) in [6.45, 7) is 4.71. The van der Waals surface area contributed by atoms with Gasteiger partial charge in [-0.2, -0.15) is 0 Å². The van der Waals surface area contributed by atoms with Gasteiger partial charge in [-0.1, -0.05) is 18.2 Å². The number of rotatable bonds is 3. The van der Waals surface area contributed by atoms with Crippen molar-refractivity contribution >= 4 is 23.7 Å². The van der Waals surface area contributed by atoms with Gasteiger partial charge in [-0.3, -0.25) is 14.5 Å². The maximum absolute atomic E-state index is 12.5. The standard InChI is InChI=1S/C16H20N2O5/c1-16(2,3)23-15(22)17-11-8-10-6-4-5-7-12(10)18(14(11)21)9-13(19)20/h4-7,11H,8-9H2,1-3H3,(H,17,22)(H,19,20)/t11-/m0/s1. The summed E-state index contributed by atoms with van der Waals surface area (Å²) in [7, 11) is 0. The lowest BCUT2D eigenvalue weighted by Crippen LogP contribution is -2.54. The Morgan fingerprint density at radius 1 is 1.35 bits per heavy atom. The number of alkyl carbamates (subject to hydrolysis) is 1. The molecule has 0 aliphatic carbocycles. The maximum atomic E-state index is 12.5. The molecule has 2 N–H and O–H groups in total. The molecule has 7 nitrogen and oxygen atoms in total. The van der Waals surface area contributed by atoms with E-state index >= 15 is 0 Å². The van der Waals surface area contributed by atoms with Crippen LogP contribution in [0.2, 0.25) is 0 Å². The number of anilines is 1. The van der Waals surface area contributed by atoms with Gasteiger partial charge in [0.25, 0.3) is 5.91 Å². The molecule has 0 radical (unpaired) electrons. The molecule has 0 fully saturated rings. The molecular formula is C16H20N2O5. The number of carbonyl (C=O) groups excluding carboxylic acids is 2. The van der Waals surface area contributed by atoms with Gasteiger partial charge in [0.05, 0.1) is 0 Å². The Morgan fingerprint density at radius 3 is 2.61 bits per heavy atom. The van der Waals surface area contributed by atoms with Crippen molar-refractivity contribution < 1.29 is 24.2 Å². The monoisotopic (exact) mass is 320 g/mol. The van der Waals surface area contributed by atoms with Gasteiger partial charge in [0.2, 0.25) is 0 Å². The first-order chi connectivity index (χ1) is 10.7. The Morgan fingerprint density at radius 2 is 2.00 bits per heavy atom. The van der Waals surface area contributed by atoms with E-state index in [1.54, 1.807) is 45.0 Å². The summed E-state index contributed by atoms with van der Waals surface area (Å²) >= 11 is 0. The highest BCUT2D eigenvalue weighted by molar-refractivity contribution is 6.04. The van der Waals surface area contributed by atoms with Crippen LogP contribution in [-0.4, -0.2) is 41.3 Å². The smallest absolute Gasteiger partial charge is 0.408 e. The zero-order chi connectivity index (χ0) is 17.2. The lowest BCUT2D eigenvalue weighted by Gasteiger charge is -2.33. The molecule has 2 rings (SSSR count). The largest absolute Gasteiger partial charge is 0.480 e. The number of nitrogens with zero attached hydrogens (tertiary/aromatic N) is 1. The fourth-order valence-corrected chi connectivity index (χ4v) is 2.42. The lowest BCUT2D eigenvalue weighted by atomic mass is 9.97. The summed E-state index contributed by atoms with van der Waals surface area (Å²) in [5, 5.41) is 11.5. The van der Waals surface area contributed by atoms with Crippen molar-refractivity contribution in [2.24, 2.45) is 0 Å². The molecule has 0 aromatic heterocycles. The predicted octanol–water partition coefficient (Wildman–Crippen LogP) is 1.55. The SMILES string of the molecule is CC(C)(C)OC(=O)N[C@H]1Cc2ccccc2N(CC(=O)O)C1=O. The molecule has 1 aromatic rings. The second kappa shape index (κ2) is 6.28. The third-order valence-corrected chi connectivity index (χ3v) is 3.25. The summed E-state index contributed by atoms with van der Waals surface area (Å²) in [5.41, 5.74) is 0.678.